The molecule has 0 unspecified atom stereocenters. The quantitative estimate of drug-likeness (QED) is 0.578. The second-order valence-corrected chi connectivity index (χ2v) is 6.22. The number of ether oxygens (including phenoxy) is 2. The SMILES string of the molecule is CC(C)(Oc1ccc(OC#N)cc1)c1ccc(-c2ccccc2)cc1. The fourth-order valence-electron chi connectivity index (χ4n) is 2.68. The summed E-state index contributed by atoms with van der Waals surface area (Å²) in [7, 11) is 0. The predicted octanol–water partition coefficient (Wildman–Crippen LogP) is 5.53. The van der Waals surface area contributed by atoms with Gasteiger partial charge in [-0.25, -0.2) is 0 Å². The summed E-state index contributed by atoms with van der Waals surface area (Å²) < 4.78 is 10.9. The summed E-state index contributed by atoms with van der Waals surface area (Å²) in [6.07, 6.45) is 1.66. The van der Waals surface area contributed by atoms with Gasteiger partial charge in [0.2, 0.25) is 0 Å². The number of rotatable bonds is 5. The molecule has 0 heterocycles. The Bertz CT molecular complexity index is 861. The molecule has 0 N–H and O–H groups in total. The van der Waals surface area contributed by atoms with E-state index < -0.39 is 5.60 Å². The van der Waals surface area contributed by atoms with Crippen LogP contribution in [0.25, 0.3) is 11.1 Å². The highest BCUT2D eigenvalue weighted by atomic mass is 16.5. The van der Waals surface area contributed by atoms with Crippen molar-refractivity contribution in [1.82, 2.24) is 0 Å². The highest BCUT2D eigenvalue weighted by Crippen LogP contribution is 2.30. The predicted molar refractivity (Wildman–Crippen MR) is 98.2 cm³/mol. The van der Waals surface area contributed by atoms with E-state index in [0.29, 0.717) is 5.75 Å². The summed E-state index contributed by atoms with van der Waals surface area (Å²) >= 11 is 0. The average molecular weight is 329 g/mol. The van der Waals surface area contributed by atoms with Gasteiger partial charge in [-0.1, -0.05) is 54.6 Å². The summed E-state index contributed by atoms with van der Waals surface area (Å²) in [6, 6.07) is 25.7. The minimum atomic E-state index is -0.479. The fraction of sp³-hybridized carbons (Fsp3) is 0.136. The van der Waals surface area contributed by atoms with Crippen LogP contribution in [-0.2, 0) is 5.60 Å². The van der Waals surface area contributed by atoms with E-state index >= 15 is 0 Å². The van der Waals surface area contributed by atoms with Crippen LogP contribution in [0.3, 0.4) is 0 Å². The second-order valence-electron chi connectivity index (χ2n) is 6.22. The first-order valence-electron chi connectivity index (χ1n) is 8.09. The summed E-state index contributed by atoms with van der Waals surface area (Å²) in [5.74, 6) is 1.22. The third kappa shape index (κ3) is 3.99. The Balaban J connectivity index is 1.76. The molecule has 3 aromatic rings. The van der Waals surface area contributed by atoms with E-state index in [1.165, 1.54) is 11.1 Å². The van der Waals surface area contributed by atoms with Crippen LogP contribution in [0.2, 0.25) is 0 Å². The Morgan fingerprint density at radius 1 is 0.720 bits per heavy atom. The second kappa shape index (κ2) is 7.11. The van der Waals surface area contributed by atoms with Gasteiger partial charge in [-0.2, -0.15) is 0 Å². The fourth-order valence-corrected chi connectivity index (χ4v) is 2.68. The molecule has 0 spiro atoms. The number of hydrogen-bond donors (Lipinski definition) is 0. The molecule has 0 radical (unpaired) electrons. The van der Waals surface area contributed by atoms with Gasteiger partial charge in [-0.3, -0.25) is 0 Å². The molecule has 124 valence electrons. The van der Waals surface area contributed by atoms with Gasteiger partial charge in [0.15, 0.2) is 0 Å². The summed E-state index contributed by atoms with van der Waals surface area (Å²) in [5, 5.41) is 8.53. The molecule has 0 bridgehead atoms. The van der Waals surface area contributed by atoms with Crippen molar-refractivity contribution in [3.8, 4) is 28.9 Å². The molecule has 3 nitrogen and oxygen atoms in total. The van der Waals surface area contributed by atoms with Crippen LogP contribution in [-0.4, -0.2) is 0 Å². The van der Waals surface area contributed by atoms with E-state index in [2.05, 4.69) is 36.4 Å². The number of nitriles is 1. The highest BCUT2D eigenvalue weighted by molar-refractivity contribution is 5.63. The third-order valence-electron chi connectivity index (χ3n) is 4.05. The zero-order chi connectivity index (χ0) is 17.7. The monoisotopic (exact) mass is 329 g/mol. The molecular formula is C22H19NO2. The number of hydrogen-bond acceptors (Lipinski definition) is 3. The largest absolute Gasteiger partial charge is 0.483 e. The zero-order valence-corrected chi connectivity index (χ0v) is 14.3. The van der Waals surface area contributed by atoms with Crippen LogP contribution >= 0.6 is 0 Å². The Hall–Kier alpha value is -3.25. The van der Waals surface area contributed by atoms with Crippen molar-refractivity contribution in [3.05, 3.63) is 84.4 Å². The summed E-state index contributed by atoms with van der Waals surface area (Å²) in [6.45, 7) is 4.06. The molecule has 0 saturated carbocycles. The third-order valence-corrected chi connectivity index (χ3v) is 4.05. The van der Waals surface area contributed by atoms with Crippen LogP contribution in [0.5, 0.6) is 11.5 Å². The van der Waals surface area contributed by atoms with Gasteiger partial charge in [-0.15, -0.1) is 5.26 Å². The Kier molecular flexibility index (Phi) is 4.72. The van der Waals surface area contributed by atoms with Gasteiger partial charge in [0, 0.05) is 0 Å². The van der Waals surface area contributed by atoms with Gasteiger partial charge in [0.1, 0.15) is 17.1 Å². The molecule has 0 aromatic heterocycles. The minimum Gasteiger partial charge on any atom is -0.483 e. The molecule has 0 aliphatic rings. The van der Waals surface area contributed by atoms with E-state index in [0.717, 1.165) is 11.3 Å². The number of benzene rings is 3. The van der Waals surface area contributed by atoms with Crippen molar-refractivity contribution >= 4 is 0 Å². The topological polar surface area (TPSA) is 42.2 Å². The van der Waals surface area contributed by atoms with Crippen LogP contribution in [0, 0.1) is 11.5 Å². The maximum Gasteiger partial charge on any atom is 0.292 e. The number of nitrogens with zero attached hydrogens (tertiary/aromatic N) is 1. The first-order valence-corrected chi connectivity index (χ1v) is 8.09. The molecule has 0 aliphatic carbocycles. The maximum atomic E-state index is 8.53. The van der Waals surface area contributed by atoms with Crippen molar-refractivity contribution < 1.29 is 9.47 Å². The Morgan fingerprint density at radius 3 is 1.88 bits per heavy atom. The van der Waals surface area contributed by atoms with Crippen molar-refractivity contribution in [3.63, 3.8) is 0 Å². The molecule has 3 rings (SSSR count). The smallest absolute Gasteiger partial charge is 0.292 e. The van der Waals surface area contributed by atoms with Crippen molar-refractivity contribution in [1.29, 1.82) is 5.26 Å². The first-order chi connectivity index (χ1) is 12.1. The van der Waals surface area contributed by atoms with Crippen LogP contribution in [0.4, 0.5) is 0 Å². The van der Waals surface area contributed by atoms with Gasteiger partial charge in [-0.05, 0) is 54.8 Å². The first kappa shape index (κ1) is 16.6. The lowest BCUT2D eigenvalue weighted by Gasteiger charge is -2.27. The van der Waals surface area contributed by atoms with E-state index in [1.54, 1.807) is 30.5 Å². The molecule has 3 aromatic carbocycles. The molecule has 0 fully saturated rings. The molecule has 0 atom stereocenters. The lowest BCUT2D eigenvalue weighted by Crippen LogP contribution is -2.25. The zero-order valence-electron chi connectivity index (χ0n) is 14.3. The summed E-state index contributed by atoms with van der Waals surface area (Å²) in [5.41, 5.74) is 2.98. The Morgan fingerprint density at radius 2 is 1.28 bits per heavy atom. The van der Waals surface area contributed by atoms with E-state index in [1.807, 2.05) is 32.0 Å². The van der Waals surface area contributed by atoms with Gasteiger partial charge in [0.25, 0.3) is 6.26 Å². The molecule has 0 amide bonds. The summed E-state index contributed by atoms with van der Waals surface area (Å²) in [4.78, 5) is 0. The molecular weight excluding hydrogens is 310 g/mol. The lowest BCUT2D eigenvalue weighted by atomic mass is 9.95. The van der Waals surface area contributed by atoms with Crippen LogP contribution < -0.4 is 9.47 Å². The minimum absolute atomic E-state index is 0.479. The van der Waals surface area contributed by atoms with Crippen molar-refractivity contribution in [2.75, 3.05) is 0 Å². The van der Waals surface area contributed by atoms with E-state index in [-0.39, 0.29) is 0 Å². The van der Waals surface area contributed by atoms with E-state index in [9.17, 15) is 0 Å². The van der Waals surface area contributed by atoms with Crippen molar-refractivity contribution in [2.45, 2.75) is 19.4 Å². The highest BCUT2D eigenvalue weighted by Gasteiger charge is 2.22. The van der Waals surface area contributed by atoms with Gasteiger partial charge < -0.3 is 9.47 Å². The maximum absolute atomic E-state index is 8.53. The van der Waals surface area contributed by atoms with E-state index in [4.69, 9.17) is 14.7 Å². The Labute approximate surface area is 148 Å². The van der Waals surface area contributed by atoms with Gasteiger partial charge >= 0.3 is 0 Å². The van der Waals surface area contributed by atoms with Crippen LogP contribution in [0.1, 0.15) is 19.4 Å². The van der Waals surface area contributed by atoms with Crippen molar-refractivity contribution in [2.24, 2.45) is 0 Å². The average Bonchev–Trinajstić information content (AvgIpc) is 2.64. The van der Waals surface area contributed by atoms with Gasteiger partial charge in [0.05, 0.1) is 0 Å². The molecule has 0 aliphatic heterocycles. The molecule has 0 saturated heterocycles. The van der Waals surface area contributed by atoms with Crippen LogP contribution in [0.15, 0.2) is 78.9 Å². The lowest BCUT2D eigenvalue weighted by molar-refractivity contribution is 0.109. The molecule has 3 heteroatoms. The standard InChI is InChI=1S/C22H19NO2/c1-22(2,25-21-14-12-20(13-15-21)24-16-23)19-10-8-18(9-11-19)17-6-4-3-5-7-17/h3-15H,1-2H3. The normalized spacial score (nSPS) is 10.8. The molecule has 25 heavy (non-hydrogen) atoms.